The van der Waals surface area contributed by atoms with E-state index < -0.39 is 5.60 Å². The molecule has 0 heterocycles. The summed E-state index contributed by atoms with van der Waals surface area (Å²) in [5, 5.41) is 0. The molecular weight excluding hydrogens is 438 g/mol. The fourth-order valence-corrected chi connectivity index (χ4v) is 4.94. The van der Waals surface area contributed by atoms with E-state index in [4.69, 9.17) is 9.47 Å². The summed E-state index contributed by atoms with van der Waals surface area (Å²) in [5.74, 6) is -0.178. The molecule has 0 aromatic heterocycles. The molecule has 0 radical (unpaired) electrons. The van der Waals surface area contributed by atoms with E-state index in [0.717, 1.165) is 44.2 Å². The van der Waals surface area contributed by atoms with Crippen LogP contribution in [0.1, 0.15) is 64.3 Å². The first-order chi connectivity index (χ1) is 17.0. The zero-order valence-corrected chi connectivity index (χ0v) is 20.5. The topological polar surface area (TPSA) is 55.8 Å². The molecule has 0 aliphatic heterocycles. The van der Waals surface area contributed by atoms with Gasteiger partial charge in [-0.15, -0.1) is 0 Å². The number of likely N-dealkylation sites (N-methyl/N-ethyl adjacent to an activating group) is 1. The second-order valence-corrected chi connectivity index (χ2v) is 9.52. The van der Waals surface area contributed by atoms with Gasteiger partial charge >= 0.3 is 11.9 Å². The van der Waals surface area contributed by atoms with Crippen molar-refractivity contribution in [2.75, 3.05) is 20.6 Å². The summed E-state index contributed by atoms with van der Waals surface area (Å²) >= 11 is 0. The SMILES string of the molecule is CN(C)CC(c1ccc(OC(=O)c2ccccc2)cc1)C1(OC(=O)c2ccccc2)CCCCC1. The van der Waals surface area contributed by atoms with Crippen molar-refractivity contribution in [3.63, 3.8) is 0 Å². The highest BCUT2D eigenvalue weighted by atomic mass is 16.6. The van der Waals surface area contributed by atoms with Crippen molar-refractivity contribution in [1.29, 1.82) is 0 Å². The molecule has 4 rings (SSSR count). The molecule has 1 unspecified atom stereocenters. The van der Waals surface area contributed by atoms with E-state index in [9.17, 15) is 9.59 Å². The smallest absolute Gasteiger partial charge is 0.343 e. The van der Waals surface area contributed by atoms with Crippen molar-refractivity contribution >= 4 is 11.9 Å². The average molecular weight is 472 g/mol. The van der Waals surface area contributed by atoms with Crippen molar-refractivity contribution in [1.82, 2.24) is 4.90 Å². The maximum atomic E-state index is 13.2. The molecule has 1 atom stereocenters. The van der Waals surface area contributed by atoms with Gasteiger partial charge in [-0.2, -0.15) is 0 Å². The molecule has 5 heteroatoms. The number of carbonyl (C=O) groups is 2. The van der Waals surface area contributed by atoms with Crippen LogP contribution in [0.25, 0.3) is 0 Å². The highest BCUT2D eigenvalue weighted by molar-refractivity contribution is 5.91. The fraction of sp³-hybridized carbons (Fsp3) is 0.333. The predicted octanol–water partition coefficient (Wildman–Crippen LogP) is 6.11. The van der Waals surface area contributed by atoms with Crippen LogP contribution in [-0.4, -0.2) is 43.1 Å². The van der Waals surface area contributed by atoms with Gasteiger partial charge in [-0.05, 0) is 81.7 Å². The third-order valence-corrected chi connectivity index (χ3v) is 6.69. The Morgan fingerprint density at radius 3 is 1.86 bits per heavy atom. The van der Waals surface area contributed by atoms with Crippen molar-refractivity contribution < 1.29 is 19.1 Å². The summed E-state index contributed by atoms with van der Waals surface area (Å²) in [6, 6.07) is 25.8. The van der Waals surface area contributed by atoms with E-state index >= 15 is 0 Å². The first-order valence-electron chi connectivity index (χ1n) is 12.3. The quantitative estimate of drug-likeness (QED) is 0.293. The molecule has 182 valence electrons. The lowest BCUT2D eigenvalue weighted by molar-refractivity contribution is -0.0575. The molecule has 3 aromatic carbocycles. The second-order valence-electron chi connectivity index (χ2n) is 9.52. The van der Waals surface area contributed by atoms with Crippen molar-refractivity contribution in [3.8, 4) is 5.75 Å². The summed E-state index contributed by atoms with van der Waals surface area (Å²) in [6.45, 7) is 0.741. The maximum absolute atomic E-state index is 13.2. The number of carbonyl (C=O) groups excluding carboxylic acids is 2. The van der Waals surface area contributed by atoms with Crippen LogP contribution >= 0.6 is 0 Å². The third-order valence-electron chi connectivity index (χ3n) is 6.69. The van der Waals surface area contributed by atoms with E-state index in [1.54, 1.807) is 24.3 Å². The standard InChI is InChI=1S/C30H33NO4/c1-31(2)22-27(23-16-18-26(19-17-23)34-28(32)24-12-6-3-7-13-24)30(20-10-5-11-21-30)35-29(33)25-14-8-4-9-15-25/h3-4,6-9,12-19,27H,5,10-11,20-22H2,1-2H3. The molecule has 1 aliphatic rings. The van der Waals surface area contributed by atoms with Crippen LogP contribution in [0, 0.1) is 0 Å². The van der Waals surface area contributed by atoms with Gasteiger partial charge in [-0.3, -0.25) is 0 Å². The first-order valence-corrected chi connectivity index (χ1v) is 12.3. The van der Waals surface area contributed by atoms with Gasteiger partial charge in [0, 0.05) is 12.5 Å². The normalized spacial score (nSPS) is 15.9. The largest absolute Gasteiger partial charge is 0.455 e. The number of rotatable bonds is 8. The Bertz CT molecular complexity index is 1100. The van der Waals surface area contributed by atoms with Gasteiger partial charge in [0.15, 0.2) is 0 Å². The van der Waals surface area contributed by atoms with Crippen LogP contribution < -0.4 is 4.74 Å². The highest BCUT2D eigenvalue weighted by Gasteiger charge is 2.44. The third kappa shape index (κ3) is 6.17. The zero-order chi connectivity index (χ0) is 24.7. The monoisotopic (exact) mass is 471 g/mol. The first kappa shape index (κ1) is 24.7. The second kappa shape index (κ2) is 11.3. The lowest BCUT2D eigenvalue weighted by Crippen LogP contribution is -2.46. The number of benzene rings is 3. The van der Waals surface area contributed by atoms with Gasteiger partial charge in [0.1, 0.15) is 11.4 Å². The van der Waals surface area contributed by atoms with Crippen LogP contribution in [0.5, 0.6) is 5.75 Å². The van der Waals surface area contributed by atoms with Crippen molar-refractivity contribution in [2.24, 2.45) is 0 Å². The lowest BCUT2D eigenvalue weighted by atomic mass is 9.72. The number of ether oxygens (including phenoxy) is 2. The molecule has 0 N–H and O–H groups in total. The molecule has 0 amide bonds. The Morgan fingerprint density at radius 2 is 1.31 bits per heavy atom. The predicted molar refractivity (Wildman–Crippen MR) is 137 cm³/mol. The Balaban J connectivity index is 1.59. The van der Waals surface area contributed by atoms with E-state index in [1.165, 1.54) is 0 Å². The minimum atomic E-state index is -0.586. The number of hydrogen-bond acceptors (Lipinski definition) is 5. The van der Waals surface area contributed by atoms with Gasteiger partial charge in [0.25, 0.3) is 0 Å². The Labute approximate surface area is 207 Å². The molecule has 1 saturated carbocycles. The van der Waals surface area contributed by atoms with E-state index in [-0.39, 0.29) is 17.9 Å². The van der Waals surface area contributed by atoms with Gasteiger partial charge in [-0.25, -0.2) is 9.59 Å². The van der Waals surface area contributed by atoms with Crippen LogP contribution in [0.4, 0.5) is 0 Å². The Hall–Kier alpha value is -3.44. The number of hydrogen-bond donors (Lipinski definition) is 0. The van der Waals surface area contributed by atoms with Crippen molar-refractivity contribution in [3.05, 3.63) is 102 Å². The molecule has 0 saturated heterocycles. The Kier molecular flexibility index (Phi) is 7.98. The zero-order valence-electron chi connectivity index (χ0n) is 20.5. The number of esters is 2. The molecule has 1 fully saturated rings. The van der Waals surface area contributed by atoms with E-state index in [0.29, 0.717) is 16.9 Å². The molecule has 3 aromatic rings. The fourth-order valence-electron chi connectivity index (χ4n) is 4.94. The molecular formula is C30H33NO4. The van der Waals surface area contributed by atoms with Crippen LogP contribution in [0.15, 0.2) is 84.9 Å². The summed E-state index contributed by atoms with van der Waals surface area (Å²) in [5.41, 5.74) is 1.57. The number of nitrogens with zero attached hydrogens (tertiary/aromatic N) is 1. The minimum absolute atomic E-state index is 0.00987. The van der Waals surface area contributed by atoms with Gasteiger partial charge in [0.05, 0.1) is 11.1 Å². The van der Waals surface area contributed by atoms with Gasteiger partial charge in [-0.1, -0.05) is 55.0 Å². The van der Waals surface area contributed by atoms with Gasteiger partial charge in [0.2, 0.25) is 0 Å². The Morgan fingerprint density at radius 1 is 0.771 bits per heavy atom. The summed E-state index contributed by atoms with van der Waals surface area (Å²) in [7, 11) is 4.08. The summed E-state index contributed by atoms with van der Waals surface area (Å²) in [4.78, 5) is 27.7. The molecule has 35 heavy (non-hydrogen) atoms. The van der Waals surface area contributed by atoms with Gasteiger partial charge < -0.3 is 14.4 Å². The minimum Gasteiger partial charge on any atom is -0.455 e. The van der Waals surface area contributed by atoms with Crippen LogP contribution in [-0.2, 0) is 4.74 Å². The van der Waals surface area contributed by atoms with E-state index in [1.807, 2.05) is 74.8 Å². The summed E-state index contributed by atoms with van der Waals surface area (Å²) in [6.07, 6.45) is 4.86. The molecule has 0 spiro atoms. The highest BCUT2D eigenvalue weighted by Crippen LogP contribution is 2.44. The molecule has 0 bridgehead atoms. The molecule has 5 nitrogen and oxygen atoms in total. The average Bonchev–Trinajstić information content (AvgIpc) is 2.89. The van der Waals surface area contributed by atoms with Crippen LogP contribution in [0.3, 0.4) is 0 Å². The summed E-state index contributed by atoms with van der Waals surface area (Å²) < 4.78 is 12.0. The van der Waals surface area contributed by atoms with Crippen LogP contribution in [0.2, 0.25) is 0 Å². The lowest BCUT2D eigenvalue weighted by Gasteiger charge is -2.44. The maximum Gasteiger partial charge on any atom is 0.343 e. The van der Waals surface area contributed by atoms with Crippen molar-refractivity contribution in [2.45, 2.75) is 43.6 Å². The molecule has 1 aliphatic carbocycles. The van der Waals surface area contributed by atoms with E-state index in [2.05, 4.69) is 4.90 Å².